The van der Waals surface area contributed by atoms with Crippen LogP contribution in [0.2, 0.25) is 0 Å². The molecule has 2 aromatic heterocycles. The molecule has 2 aromatic carbocycles. The van der Waals surface area contributed by atoms with Gasteiger partial charge in [-0.2, -0.15) is 0 Å². The summed E-state index contributed by atoms with van der Waals surface area (Å²) in [6.07, 6.45) is 5.68. The Balaban J connectivity index is 1.38. The fraction of sp³-hybridized carbons (Fsp3) is 0.233. The third kappa shape index (κ3) is 5.03. The van der Waals surface area contributed by atoms with Crippen molar-refractivity contribution in [2.24, 2.45) is 0 Å². The molecule has 4 aromatic rings. The number of aromatic amines is 1. The second-order valence-corrected chi connectivity index (χ2v) is 10.00. The minimum Gasteiger partial charge on any atom is -0.361 e. The first-order valence-corrected chi connectivity index (χ1v) is 12.8. The largest absolute Gasteiger partial charge is 0.361 e. The van der Waals surface area contributed by atoms with Crippen molar-refractivity contribution in [2.45, 2.75) is 32.4 Å². The van der Waals surface area contributed by atoms with E-state index >= 15 is 0 Å². The quantitative estimate of drug-likeness (QED) is 0.327. The summed E-state index contributed by atoms with van der Waals surface area (Å²) >= 11 is 0. The summed E-state index contributed by atoms with van der Waals surface area (Å²) in [5, 5.41) is 3.93. The van der Waals surface area contributed by atoms with Crippen LogP contribution in [0.25, 0.3) is 10.9 Å². The van der Waals surface area contributed by atoms with E-state index in [9.17, 15) is 19.2 Å². The third-order valence-corrected chi connectivity index (χ3v) is 7.16. The molecule has 0 unspecified atom stereocenters. The van der Waals surface area contributed by atoms with Crippen LogP contribution in [0.1, 0.15) is 45.7 Å². The number of nitrogens with zero attached hydrogens (tertiary/aromatic N) is 3. The lowest BCUT2D eigenvalue weighted by molar-refractivity contribution is -0.146. The number of fused-ring (bicyclic) bond motifs is 2. The van der Waals surface area contributed by atoms with Gasteiger partial charge in [0.2, 0.25) is 11.8 Å². The van der Waals surface area contributed by atoms with Crippen molar-refractivity contribution in [1.29, 1.82) is 0 Å². The minimum atomic E-state index is -1.27. The first kappa shape index (κ1) is 25.8. The lowest BCUT2D eigenvalue weighted by atomic mass is 9.99. The number of hydrogen-bond donors (Lipinski definition) is 2. The predicted octanol–water partition coefficient (Wildman–Crippen LogP) is 3.33. The van der Waals surface area contributed by atoms with E-state index in [1.807, 2.05) is 36.5 Å². The van der Waals surface area contributed by atoms with Gasteiger partial charge in [-0.3, -0.25) is 29.1 Å². The molecule has 0 saturated heterocycles. The summed E-state index contributed by atoms with van der Waals surface area (Å²) in [4.78, 5) is 62.8. The second-order valence-electron chi connectivity index (χ2n) is 10.00. The molecule has 0 atom stereocenters. The highest BCUT2D eigenvalue weighted by atomic mass is 16.2. The monoisotopic (exact) mass is 523 g/mol. The number of aromatic nitrogens is 2. The van der Waals surface area contributed by atoms with E-state index in [2.05, 4.69) is 15.3 Å². The van der Waals surface area contributed by atoms with E-state index in [-0.39, 0.29) is 30.1 Å². The number of pyridine rings is 1. The number of rotatable bonds is 9. The van der Waals surface area contributed by atoms with Gasteiger partial charge in [-0.15, -0.1) is 0 Å². The number of hydrogen-bond acceptors (Lipinski definition) is 5. The Hall–Kier alpha value is -4.79. The maximum atomic E-state index is 13.8. The molecule has 0 radical (unpaired) electrons. The zero-order valence-electron chi connectivity index (χ0n) is 21.8. The van der Waals surface area contributed by atoms with Gasteiger partial charge in [0.25, 0.3) is 11.8 Å². The van der Waals surface area contributed by atoms with Crippen molar-refractivity contribution in [2.75, 3.05) is 13.1 Å². The van der Waals surface area contributed by atoms with E-state index < -0.39 is 29.8 Å². The van der Waals surface area contributed by atoms with Crippen molar-refractivity contribution in [3.8, 4) is 0 Å². The summed E-state index contributed by atoms with van der Waals surface area (Å²) in [6, 6.07) is 18.0. The molecule has 2 N–H and O–H groups in total. The summed E-state index contributed by atoms with van der Waals surface area (Å²) < 4.78 is 0. The first-order valence-electron chi connectivity index (χ1n) is 12.8. The van der Waals surface area contributed by atoms with Crippen LogP contribution < -0.4 is 5.32 Å². The van der Waals surface area contributed by atoms with Gasteiger partial charge in [0.1, 0.15) is 12.1 Å². The molecule has 9 heteroatoms. The molecule has 1 aliphatic rings. The van der Waals surface area contributed by atoms with Gasteiger partial charge in [0.05, 0.1) is 11.1 Å². The van der Waals surface area contributed by atoms with Crippen molar-refractivity contribution in [3.05, 3.63) is 102 Å². The molecule has 0 saturated carbocycles. The molecule has 0 aliphatic carbocycles. The maximum Gasteiger partial charge on any atom is 0.262 e. The number of carbonyl (C=O) groups is 4. The summed E-state index contributed by atoms with van der Waals surface area (Å²) in [5.74, 6) is -1.88. The van der Waals surface area contributed by atoms with Gasteiger partial charge in [0, 0.05) is 42.6 Å². The lowest BCUT2D eigenvalue weighted by Crippen LogP contribution is -2.59. The van der Waals surface area contributed by atoms with E-state index in [0.29, 0.717) is 6.42 Å². The third-order valence-electron chi connectivity index (χ3n) is 7.16. The van der Waals surface area contributed by atoms with Crippen LogP contribution in [-0.2, 0) is 22.6 Å². The highest BCUT2D eigenvalue weighted by molar-refractivity contribution is 6.22. The summed E-state index contributed by atoms with van der Waals surface area (Å²) in [7, 11) is 0. The van der Waals surface area contributed by atoms with Gasteiger partial charge in [0.15, 0.2) is 0 Å². The highest BCUT2D eigenvalue weighted by Crippen LogP contribution is 2.25. The average Bonchev–Trinajstić information content (AvgIpc) is 3.47. The second kappa shape index (κ2) is 10.5. The molecule has 198 valence electrons. The average molecular weight is 524 g/mol. The van der Waals surface area contributed by atoms with Gasteiger partial charge < -0.3 is 15.2 Å². The minimum absolute atomic E-state index is 0.206. The van der Waals surface area contributed by atoms with E-state index in [4.69, 9.17) is 0 Å². The number of imide groups is 1. The number of para-hydroxylation sites is 1. The summed E-state index contributed by atoms with van der Waals surface area (Å²) in [5.41, 5.74) is 2.07. The lowest BCUT2D eigenvalue weighted by Gasteiger charge is -2.38. The van der Waals surface area contributed by atoms with Crippen molar-refractivity contribution >= 4 is 34.5 Å². The summed E-state index contributed by atoms with van der Waals surface area (Å²) in [6.45, 7) is 3.33. The molecule has 9 nitrogen and oxygen atoms in total. The molecular formula is C30H29N5O4. The molecule has 0 spiro atoms. The van der Waals surface area contributed by atoms with E-state index in [0.717, 1.165) is 26.9 Å². The molecule has 1 aliphatic heterocycles. The van der Waals surface area contributed by atoms with Crippen LogP contribution in [0, 0.1) is 0 Å². The number of H-pyrrole nitrogens is 1. The van der Waals surface area contributed by atoms with E-state index in [1.54, 1.807) is 56.6 Å². The van der Waals surface area contributed by atoms with Crippen LogP contribution in [0.15, 0.2) is 79.3 Å². The van der Waals surface area contributed by atoms with Gasteiger partial charge in [-0.1, -0.05) is 36.4 Å². The van der Waals surface area contributed by atoms with E-state index in [1.165, 1.54) is 4.90 Å². The number of amides is 4. The Morgan fingerprint density at radius 2 is 1.67 bits per heavy atom. The first-order chi connectivity index (χ1) is 18.8. The van der Waals surface area contributed by atoms with Crippen LogP contribution >= 0.6 is 0 Å². The van der Waals surface area contributed by atoms with Crippen molar-refractivity contribution < 1.29 is 19.2 Å². The topological polar surface area (TPSA) is 115 Å². The normalized spacial score (nSPS) is 13.0. The van der Waals surface area contributed by atoms with Gasteiger partial charge >= 0.3 is 0 Å². The van der Waals surface area contributed by atoms with Crippen molar-refractivity contribution in [1.82, 2.24) is 25.1 Å². The number of carbonyl (C=O) groups excluding carboxylic acids is 4. The fourth-order valence-corrected chi connectivity index (χ4v) is 4.91. The molecule has 5 rings (SSSR count). The van der Waals surface area contributed by atoms with Gasteiger partial charge in [-0.05, 0) is 55.7 Å². The molecular weight excluding hydrogens is 494 g/mol. The van der Waals surface area contributed by atoms with Crippen LogP contribution in [-0.4, -0.2) is 62.0 Å². The van der Waals surface area contributed by atoms with Crippen LogP contribution in [0.5, 0.6) is 0 Å². The smallest absolute Gasteiger partial charge is 0.262 e. The molecule has 39 heavy (non-hydrogen) atoms. The number of nitrogens with one attached hydrogen (secondary N) is 2. The zero-order valence-corrected chi connectivity index (χ0v) is 21.8. The zero-order chi connectivity index (χ0) is 27.6. The Morgan fingerprint density at radius 3 is 2.36 bits per heavy atom. The molecule has 0 fully saturated rings. The molecule has 3 heterocycles. The molecule has 4 amide bonds. The number of benzene rings is 2. The molecule has 0 bridgehead atoms. The standard InChI is InChI=1S/C30H29N5O4/c1-30(2,29(39)33-17-20-8-7-14-31-16-20)35(15-13-21-18-32-25-12-6-5-9-22(21)25)26(36)19-34-27(37)23-10-3-4-11-24(23)28(34)38/h3-12,14,16,18,32H,13,15,17,19H2,1-2H3,(H,33,39). The fourth-order valence-electron chi connectivity index (χ4n) is 4.91. The Bertz CT molecular complexity index is 1520. The Morgan fingerprint density at radius 1 is 0.974 bits per heavy atom. The highest BCUT2D eigenvalue weighted by Gasteiger charge is 2.41. The van der Waals surface area contributed by atoms with Crippen LogP contribution in [0.4, 0.5) is 0 Å². The predicted molar refractivity (Wildman–Crippen MR) is 146 cm³/mol. The van der Waals surface area contributed by atoms with Crippen LogP contribution in [0.3, 0.4) is 0 Å². The SMILES string of the molecule is CC(C)(C(=O)NCc1cccnc1)N(CCc1c[nH]c2ccccc12)C(=O)CN1C(=O)c2ccccc2C1=O. The Labute approximate surface area is 225 Å². The Kier molecular flexibility index (Phi) is 6.98. The van der Waals surface area contributed by atoms with Gasteiger partial charge in [-0.25, -0.2) is 0 Å². The van der Waals surface area contributed by atoms with Crippen molar-refractivity contribution in [3.63, 3.8) is 0 Å². The maximum absolute atomic E-state index is 13.8.